The number of aromatic hydroxyl groups is 1. The second-order valence-corrected chi connectivity index (χ2v) is 12.7. The third kappa shape index (κ3) is 18.4. The number of guanidine groups is 1. The number of hydrogen-bond acceptors (Lipinski definition) is 8. The number of carboxylic acid groups (broad SMARTS) is 1. The normalized spacial score (nSPS) is 12.2. The van der Waals surface area contributed by atoms with Crippen molar-refractivity contribution in [1.82, 2.24) is 26.6 Å². The number of phenols is 1. The van der Waals surface area contributed by atoms with Crippen LogP contribution in [0.4, 0.5) is 26.7 Å². The third-order valence-corrected chi connectivity index (χ3v) is 8.14. The average molecular weight is 853 g/mol. The number of benzene rings is 3. The summed E-state index contributed by atoms with van der Waals surface area (Å²) in [5, 5.41) is 29.8. The Balaban J connectivity index is 0.00000162. The van der Waals surface area contributed by atoms with E-state index in [2.05, 4.69) is 31.6 Å². The Morgan fingerprint density at radius 2 is 1.45 bits per heavy atom. The SMILES string of the molecule is CCC(=O)NCCNC(=O)/N=C(/N)NCCC[C@@H](NC(=O)C(c1ccccc1)c1cccc(OCCCCN)c1)C(=O)NCc1c(F)cc(O)cc1F.O=C(O)C(F)(F)F. The lowest BCUT2D eigenvalue weighted by molar-refractivity contribution is -0.192. The molecular weight excluding hydrogens is 803 g/mol. The Bertz CT molecular complexity index is 1880. The van der Waals surface area contributed by atoms with Crippen LogP contribution in [0.2, 0.25) is 0 Å². The van der Waals surface area contributed by atoms with E-state index in [1.807, 2.05) is 6.07 Å². The summed E-state index contributed by atoms with van der Waals surface area (Å²) >= 11 is 0. The molecule has 5 amide bonds. The predicted octanol–water partition coefficient (Wildman–Crippen LogP) is 3.27. The molecule has 3 aromatic rings. The van der Waals surface area contributed by atoms with E-state index in [0.29, 0.717) is 36.4 Å². The van der Waals surface area contributed by atoms with E-state index in [-0.39, 0.29) is 44.3 Å². The molecule has 21 heteroatoms. The number of aliphatic carboxylic acids is 1. The second kappa shape index (κ2) is 25.8. The number of nitrogens with two attached hydrogens (primary N) is 2. The van der Waals surface area contributed by atoms with Gasteiger partial charge in [-0.1, -0.05) is 49.4 Å². The molecule has 11 N–H and O–H groups in total. The molecule has 1 unspecified atom stereocenters. The monoisotopic (exact) mass is 852 g/mol. The first-order valence-corrected chi connectivity index (χ1v) is 18.6. The Morgan fingerprint density at radius 3 is 2.07 bits per heavy atom. The van der Waals surface area contributed by atoms with Gasteiger partial charge in [0, 0.05) is 50.3 Å². The summed E-state index contributed by atoms with van der Waals surface area (Å²) < 4.78 is 66.5. The number of carbonyl (C=O) groups excluding carboxylic acids is 4. The van der Waals surface area contributed by atoms with Crippen LogP contribution in [0.3, 0.4) is 0 Å². The van der Waals surface area contributed by atoms with E-state index in [9.17, 15) is 46.2 Å². The highest BCUT2D eigenvalue weighted by Gasteiger charge is 2.38. The van der Waals surface area contributed by atoms with E-state index in [1.54, 1.807) is 55.5 Å². The summed E-state index contributed by atoms with van der Waals surface area (Å²) in [5.41, 5.74) is 12.2. The van der Waals surface area contributed by atoms with Gasteiger partial charge in [-0.05, 0) is 55.5 Å². The van der Waals surface area contributed by atoms with Gasteiger partial charge in [-0.15, -0.1) is 0 Å². The van der Waals surface area contributed by atoms with Gasteiger partial charge in [0.1, 0.15) is 29.2 Å². The molecule has 0 saturated carbocycles. The number of nitrogens with one attached hydrogen (secondary N) is 5. The van der Waals surface area contributed by atoms with Crippen molar-refractivity contribution in [2.24, 2.45) is 16.5 Å². The van der Waals surface area contributed by atoms with Gasteiger partial charge in [0.2, 0.25) is 17.7 Å². The Hall–Kier alpha value is -6.51. The van der Waals surface area contributed by atoms with Crippen molar-refractivity contribution < 1.29 is 60.9 Å². The molecule has 0 aliphatic heterocycles. The minimum Gasteiger partial charge on any atom is -0.508 e. The molecule has 0 fully saturated rings. The first-order valence-electron chi connectivity index (χ1n) is 18.6. The molecule has 3 rings (SSSR count). The van der Waals surface area contributed by atoms with E-state index < -0.39 is 71.4 Å². The van der Waals surface area contributed by atoms with Crippen molar-refractivity contribution in [2.45, 2.75) is 63.7 Å². The fraction of sp³-hybridized carbons (Fsp3) is 0.385. The molecule has 0 bridgehead atoms. The number of hydrogen-bond donors (Lipinski definition) is 9. The zero-order valence-electron chi connectivity index (χ0n) is 32.6. The van der Waals surface area contributed by atoms with Gasteiger partial charge in [0.05, 0.1) is 12.5 Å². The number of aliphatic imine (C=N–C) groups is 1. The fourth-order valence-corrected chi connectivity index (χ4v) is 5.15. The number of carboxylic acids is 1. The number of nitrogens with zero attached hydrogens (tertiary/aromatic N) is 1. The minimum absolute atomic E-state index is 0.0491. The second-order valence-electron chi connectivity index (χ2n) is 12.7. The van der Waals surface area contributed by atoms with Gasteiger partial charge < -0.3 is 53.0 Å². The standard InChI is InChI=1S/C37H48F2N8O6.C2HF3O2/c1-2-32(49)42-17-18-44-37(52)47-36(41)43-16-9-14-31(34(50)45-23-28-29(38)21-26(48)22-30(28)39)46-35(51)33(24-10-4-3-5-11-24)25-12-8-13-27(20-25)53-19-7-6-15-40;3-2(4,5)1(6)7/h3-5,8,10-13,20-22,31,33,48H,2,6-7,9,14-19,23,40H2,1H3,(H,42,49)(H,45,50)(H,46,51)(H4,41,43,44,47,52);(H,6,7)/t31-,33?;/m1./s1. The average Bonchev–Trinajstić information content (AvgIpc) is 3.19. The molecule has 0 heterocycles. The van der Waals surface area contributed by atoms with Crippen LogP contribution in [-0.2, 0) is 25.7 Å². The summed E-state index contributed by atoms with van der Waals surface area (Å²) in [5.74, 6) is -7.35. The summed E-state index contributed by atoms with van der Waals surface area (Å²) in [6, 6.07) is 15.6. The van der Waals surface area contributed by atoms with Crippen LogP contribution in [0.25, 0.3) is 0 Å². The first-order chi connectivity index (χ1) is 28.5. The van der Waals surface area contributed by atoms with Crippen LogP contribution in [0.15, 0.2) is 71.7 Å². The highest BCUT2D eigenvalue weighted by atomic mass is 19.4. The van der Waals surface area contributed by atoms with Crippen LogP contribution < -0.4 is 42.8 Å². The smallest absolute Gasteiger partial charge is 0.490 e. The molecule has 0 aliphatic carbocycles. The maximum Gasteiger partial charge on any atom is 0.490 e. The zero-order valence-corrected chi connectivity index (χ0v) is 32.6. The maximum atomic E-state index is 14.4. The summed E-state index contributed by atoms with van der Waals surface area (Å²) in [7, 11) is 0. The molecule has 60 heavy (non-hydrogen) atoms. The highest BCUT2D eigenvalue weighted by molar-refractivity contribution is 5.93. The molecule has 0 aliphatic rings. The number of rotatable bonds is 20. The van der Waals surface area contributed by atoms with Crippen molar-refractivity contribution >= 4 is 35.7 Å². The lowest BCUT2D eigenvalue weighted by Crippen LogP contribution is -2.48. The van der Waals surface area contributed by atoms with Crippen molar-refractivity contribution in [2.75, 3.05) is 32.8 Å². The number of unbranched alkanes of at least 4 members (excludes halogenated alkanes) is 1. The molecule has 0 spiro atoms. The molecule has 2 atom stereocenters. The van der Waals surface area contributed by atoms with E-state index in [4.69, 9.17) is 26.1 Å². The summed E-state index contributed by atoms with van der Waals surface area (Å²) in [6.07, 6.45) is -2.91. The molecule has 0 radical (unpaired) electrons. The van der Waals surface area contributed by atoms with E-state index in [1.165, 1.54) is 0 Å². The highest BCUT2D eigenvalue weighted by Crippen LogP contribution is 2.28. The lowest BCUT2D eigenvalue weighted by Gasteiger charge is -2.24. The topological polar surface area (TPSA) is 260 Å². The number of halogens is 5. The van der Waals surface area contributed by atoms with Gasteiger partial charge in [-0.25, -0.2) is 18.4 Å². The summed E-state index contributed by atoms with van der Waals surface area (Å²) in [6.45, 7) is 2.65. The Morgan fingerprint density at radius 1 is 0.817 bits per heavy atom. The van der Waals surface area contributed by atoms with Gasteiger partial charge in [0.25, 0.3) is 0 Å². The fourth-order valence-electron chi connectivity index (χ4n) is 5.15. The maximum absolute atomic E-state index is 14.4. The predicted molar refractivity (Wildman–Crippen MR) is 210 cm³/mol. The van der Waals surface area contributed by atoms with Crippen molar-refractivity contribution in [3.8, 4) is 11.5 Å². The lowest BCUT2D eigenvalue weighted by atomic mass is 9.90. The van der Waals surface area contributed by atoms with E-state index >= 15 is 0 Å². The molecule has 328 valence electrons. The van der Waals surface area contributed by atoms with Gasteiger partial charge in [-0.2, -0.15) is 18.2 Å². The molecule has 3 aromatic carbocycles. The van der Waals surface area contributed by atoms with Crippen LogP contribution >= 0.6 is 0 Å². The number of alkyl halides is 3. The molecule has 0 aromatic heterocycles. The van der Waals surface area contributed by atoms with Crippen LogP contribution in [0.5, 0.6) is 11.5 Å². The van der Waals surface area contributed by atoms with Crippen LogP contribution in [0.1, 0.15) is 61.6 Å². The van der Waals surface area contributed by atoms with Crippen LogP contribution in [-0.4, -0.2) is 90.9 Å². The summed E-state index contributed by atoms with van der Waals surface area (Å²) in [4.78, 5) is 63.6. The van der Waals surface area contributed by atoms with Crippen LogP contribution in [0, 0.1) is 11.6 Å². The van der Waals surface area contributed by atoms with Crippen molar-refractivity contribution in [3.63, 3.8) is 0 Å². The molecule has 16 nitrogen and oxygen atoms in total. The number of phenolic OH excluding ortho intramolecular Hbond substituents is 1. The number of ether oxygens (including phenoxy) is 1. The number of carbonyl (C=O) groups is 5. The molecule has 0 saturated heterocycles. The largest absolute Gasteiger partial charge is 0.508 e. The Kier molecular flexibility index (Phi) is 21.3. The van der Waals surface area contributed by atoms with E-state index in [0.717, 1.165) is 25.0 Å². The quantitative estimate of drug-likeness (QED) is 0.0345. The Labute approximate surface area is 342 Å². The van der Waals surface area contributed by atoms with Crippen molar-refractivity contribution in [3.05, 3.63) is 95.1 Å². The number of amides is 5. The van der Waals surface area contributed by atoms with Gasteiger partial charge in [-0.3, -0.25) is 14.4 Å². The first kappa shape index (κ1) is 49.6. The zero-order chi connectivity index (χ0) is 44.7. The minimum atomic E-state index is -5.08. The third-order valence-electron chi connectivity index (χ3n) is 8.14. The van der Waals surface area contributed by atoms with Crippen molar-refractivity contribution in [1.29, 1.82) is 0 Å². The van der Waals surface area contributed by atoms with Gasteiger partial charge in [0.15, 0.2) is 5.96 Å². The molecular formula is C39H49F5N8O8. The number of urea groups is 1. The van der Waals surface area contributed by atoms with Gasteiger partial charge >= 0.3 is 18.2 Å².